The maximum Gasteiger partial charge on any atom is 0.153 e. The molecule has 0 aromatic heterocycles. The van der Waals surface area contributed by atoms with E-state index in [1.165, 1.54) is 0 Å². The molecule has 16 heavy (non-hydrogen) atoms. The first-order chi connectivity index (χ1) is 7.81. The highest BCUT2D eigenvalue weighted by atomic mass is 16.5. The SMILES string of the molecule is C=CCCCOc1cc(OC)ccc1C=O. The first-order valence-electron chi connectivity index (χ1n) is 5.18. The van der Waals surface area contributed by atoms with E-state index in [1.54, 1.807) is 25.3 Å². The number of unbranched alkanes of at least 4 members (excludes halogenated alkanes) is 1. The summed E-state index contributed by atoms with van der Waals surface area (Å²) in [6.07, 6.45) is 4.41. The Kier molecular flexibility index (Phi) is 5.12. The van der Waals surface area contributed by atoms with Gasteiger partial charge in [-0.1, -0.05) is 6.08 Å². The summed E-state index contributed by atoms with van der Waals surface area (Å²) in [4.78, 5) is 10.8. The summed E-state index contributed by atoms with van der Waals surface area (Å²) in [6, 6.07) is 5.15. The average molecular weight is 220 g/mol. The van der Waals surface area contributed by atoms with Crippen molar-refractivity contribution in [3.05, 3.63) is 36.4 Å². The molecule has 1 rings (SSSR count). The van der Waals surface area contributed by atoms with Crippen molar-refractivity contribution < 1.29 is 14.3 Å². The topological polar surface area (TPSA) is 35.5 Å². The van der Waals surface area contributed by atoms with Crippen molar-refractivity contribution in [2.45, 2.75) is 12.8 Å². The number of benzene rings is 1. The maximum atomic E-state index is 10.8. The van der Waals surface area contributed by atoms with Crippen LogP contribution in [0, 0.1) is 0 Å². The highest BCUT2D eigenvalue weighted by molar-refractivity contribution is 5.79. The molecule has 0 bridgehead atoms. The minimum absolute atomic E-state index is 0.541. The molecule has 0 aliphatic carbocycles. The molecule has 86 valence electrons. The van der Waals surface area contributed by atoms with Gasteiger partial charge in [-0.05, 0) is 25.0 Å². The molecule has 0 unspecified atom stereocenters. The predicted molar refractivity (Wildman–Crippen MR) is 63.3 cm³/mol. The average Bonchev–Trinajstić information content (AvgIpc) is 2.34. The van der Waals surface area contributed by atoms with Crippen LogP contribution in [0.4, 0.5) is 0 Å². The first-order valence-corrected chi connectivity index (χ1v) is 5.18. The number of rotatable bonds is 7. The second kappa shape index (κ2) is 6.67. The van der Waals surface area contributed by atoms with Crippen LogP contribution in [0.2, 0.25) is 0 Å². The highest BCUT2D eigenvalue weighted by Crippen LogP contribution is 2.23. The van der Waals surface area contributed by atoms with Gasteiger partial charge >= 0.3 is 0 Å². The molecule has 0 saturated heterocycles. The monoisotopic (exact) mass is 220 g/mol. The number of methoxy groups -OCH3 is 1. The second-order valence-electron chi connectivity index (χ2n) is 3.30. The number of hydrogen-bond donors (Lipinski definition) is 0. The van der Waals surface area contributed by atoms with E-state index in [2.05, 4.69) is 6.58 Å². The molecule has 0 atom stereocenters. The lowest BCUT2D eigenvalue weighted by Crippen LogP contribution is -2.00. The normalized spacial score (nSPS) is 9.56. The van der Waals surface area contributed by atoms with Gasteiger partial charge in [0, 0.05) is 6.07 Å². The number of carbonyl (C=O) groups excluding carboxylic acids is 1. The van der Waals surface area contributed by atoms with Crippen LogP contribution in [-0.4, -0.2) is 20.0 Å². The van der Waals surface area contributed by atoms with Crippen LogP contribution in [0.5, 0.6) is 11.5 Å². The van der Waals surface area contributed by atoms with Crippen LogP contribution in [-0.2, 0) is 0 Å². The molecular weight excluding hydrogens is 204 g/mol. The Morgan fingerprint density at radius 1 is 1.44 bits per heavy atom. The lowest BCUT2D eigenvalue weighted by atomic mass is 10.2. The number of ether oxygens (including phenoxy) is 2. The third-order valence-corrected chi connectivity index (χ3v) is 2.16. The van der Waals surface area contributed by atoms with Crippen LogP contribution in [0.25, 0.3) is 0 Å². The Morgan fingerprint density at radius 3 is 2.88 bits per heavy atom. The van der Waals surface area contributed by atoms with Gasteiger partial charge in [-0.3, -0.25) is 4.79 Å². The minimum Gasteiger partial charge on any atom is -0.497 e. The molecule has 0 spiro atoms. The summed E-state index contributed by atoms with van der Waals surface area (Å²) in [6.45, 7) is 4.20. The summed E-state index contributed by atoms with van der Waals surface area (Å²) in [5.41, 5.74) is 0.541. The zero-order chi connectivity index (χ0) is 11.8. The molecule has 1 aromatic carbocycles. The smallest absolute Gasteiger partial charge is 0.153 e. The van der Waals surface area contributed by atoms with E-state index in [0.29, 0.717) is 23.7 Å². The molecular formula is C13H16O3. The van der Waals surface area contributed by atoms with Crippen LogP contribution in [0.1, 0.15) is 23.2 Å². The zero-order valence-electron chi connectivity index (χ0n) is 9.44. The van der Waals surface area contributed by atoms with Gasteiger partial charge < -0.3 is 9.47 Å². The molecule has 0 fully saturated rings. The lowest BCUT2D eigenvalue weighted by Gasteiger charge is -2.09. The minimum atomic E-state index is 0.541. The Hall–Kier alpha value is -1.77. The zero-order valence-corrected chi connectivity index (χ0v) is 9.44. The second-order valence-corrected chi connectivity index (χ2v) is 3.30. The Morgan fingerprint density at radius 2 is 2.25 bits per heavy atom. The van der Waals surface area contributed by atoms with Gasteiger partial charge in [0.05, 0.1) is 19.3 Å². The summed E-state index contributed by atoms with van der Waals surface area (Å²) in [5, 5.41) is 0. The fraction of sp³-hybridized carbons (Fsp3) is 0.308. The molecule has 0 aliphatic rings. The van der Waals surface area contributed by atoms with Crippen molar-refractivity contribution in [3.63, 3.8) is 0 Å². The quantitative estimate of drug-likeness (QED) is 0.402. The summed E-state index contributed by atoms with van der Waals surface area (Å²) in [7, 11) is 1.58. The number of hydrogen-bond acceptors (Lipinski definition) is 3. The van der Waals surface area contributed by atoms with Gasteiger partial charge in [-0.25, -0.2) is 0 Å². The van der Waals surface area contributed by atoms with E-state index >= 15 is 0 Å². The molecule has 3 heteroatoms. The van der Waals surface area contributed by atoms with Crippen LogP contribution in [0.15, 0.2) is 30.9 Å². The largest absolute Gasteiger partial charge is 0.497 e. The molecule has 0 aliphatic heterocycles. The lowest BCUT2D eigenvalue weighted by molar-refractivity contribution is 0.111. The molecule has 1 aromatic rings. The standard InChI is InChI=1S/C13H16O3/c1-3-4-5-8-16-13-9-12(15-2)7-6-11(13)10-14/h3,6-7,9-10H,1,4-5,8H2,2H3. The number of carbonyl (C=O) groups is 1. The van der Waals surface area contributed by atoms with Crippen LogP contribution >= 0.6 is 0 Å². The van der Waals surface area contributed by atoms with Gasteiger partial charge in [-0.2, -0.15) is 0 Å². The first kappa shape index (κ1) is 12.3. The number of aldehydes is 1. The van der Waals surface area contributed by atoms with E-state index in [0.717, 1.165) is 19.1 Å². The Labute approximate surface area is 95.7 Å². The van der Waals surface area contributed by atoms with E-state index in [4.69, 9.17) is 9.47 Å². The fourth-order valence-electron chi connectivity index (χ4n) is 1.27. The highest BCUT2D eigenvalue weighted by Gasteiger charge is 2.04. The van der Waals surface area contributed by atoms with Gasteiger partial charge in [0.2, 0.25) is 0 Å². The maximum absolute atomic E-state index is 10.8. The van der Waals surface area contributed by atoms with Gasteiger partial charge in [-0.15, -0.1) is 6.58 Å². The molecule has 0 heterocycles. The molecule has 3 nitrogen and oxygen atoms in total. The van der Waals surface area contributed by atoms with E-state index < -0.39 is 0 Å². The van der Waals surface area contributed by atoms with E-state index in [9.17, 15) is 4.79 Å². The van der Waals surface area contributed by atoms with Crippen molar-refractivity contribution in [2.75, 3.05) is 13.7 Å². The van der Waals surface area contributed by atoms with Crippen molar-refractivity contribution in [1.82, 2.24) is 0 Å². The Bertz CT molecular complexity index is 358. The molecule has 0 radical (unpaired) electrons. The van der Waals surface area contributed by atoms with Crippen LogP contribution in [0.3, 0.4) is 0 Å². The molecule has 0 saturated carbocycles. The molecule has 0 amide bonds. The van der Waals surface area contributed by atoms with E-state index in [-0.39, 0.29) is 0 Å². The van der Waals surface area contributed by atoms with Crippen LogP contribution < -0.4 is 9.47 Å². The fourth-order valence-corrected chi connectivity index (χ4v) is 1.27. The summed E-state index contributed by atoms with van der Waals surface area (Å²) >= 11 is 0. The van der Waals surface area contributed by atoms with Gasteiger partial charge in [0.1, 0.15) is 11.5 Å². The van der Waals surface area contributed by atoms with Gasteiger partial charge in [0.15, 0.2) is 6.29 Å². The summed E-state index contributed by atoms with van der Waals surface area (Å²) < 4.78 is 10.6. The third-order valence-electron chi connectivity index (χ3n) is 2.16. The third kappa shape index (κ3) is 3.42. The number of allylic oxidation sites excluding steroid dienone is 1. The molecule has 0 N–H and O–H groups in total. The van der Waals surface area contributed by atoms with Crippen molar-refractivity contribution in [2.24, 2.45) is 0 Å². The van der Waals surface area contributed by atoms with Crippen molar-refractivity contribution in [1.29, 1.82) is 0 Å². The van der Waals surface area contributed by atoms with Crippen molar-refractivity contribution >= 4 is 6.29 Å². The van der Waals surface area contributed by atoms with Gasteiger partial charge in [0.25, 0.3) is 0 Å². The summed E-state index contributed by atoms with van der Waals surface area (Å²) in [5.74, 6) is 1.25. The van der Waals surface area contributed by atoms with E-state index in [1.807, 2.05) is 6.08 Å². The van der Waals surface area contributed by atoms with Crippen molar-refractivity contribution in [3.8, 4) is 11.5 Å². The Balaban J connectivity index is 2.67. The predicted octanol–water partition coefficient (Wildman–Crippen LogP) is 2.85.